The second-order valence-electron chi connectivity index (χ2n) is 4.17. The lowest BCUT2D eigenvalue weighted by atomic mass is 10.1. The zero-order valence-corrected chi connectivity index (χ0v) is 9.52. The first kappa shape index (κ1) is 11.8. The summed E-state index contributed by atoms with van der Waals surface area (Å²) in [6.07, 6.45) is 0. The summed E-state index contributed by atoms with van der Waals surface area (Å²) in [5.74, 6) is -0.534. The second-order valence-corrected chi connectivity index (χ2v) is 4.17. The van der Waals surface area contributed by atoms with E-state index in [1.807, 2.05) is 6.92 Å². The molecule has 17 heavy (non-hydrogen) atoms. The van der Waals surface area contributed by atoms with Crippen LogP contribution in [0.3, 0.4) is 0 Å². The first-order chi connectivity index (χ1) is 8.09. The molecule has 0 aromatic heterocycles. The molecule has 1 fully saturated rings. The minimum atomic E-state index is -0.537. The predicted molar refractivity (Wildman–Crippen MR) is 62.7 cm³/mol. The van der Waals surface area contributed by atoms with Crippen molar-refractivity contribution >= 4 is 11.4 Å². The van der Waals surface area contributed by atoms with E-state index in [1.54, 1.807) is 4.90 Å². The third kappa shape index (κ3) is 2.36. The van der Waals surface area contributed by atoms with Crippen molar-refractivity contribution in [3.8, 4) is 0 Å². The molecule has 6 heteroatoms. The largest absolute Gasteiger partial charge is 0.361 e. The van der Waals surface area contributed by atoms with Crippen molar-refractivity contribution in [3.63, 3.8) is 0 Å². The molecule has 0 aliphatic carbocycles. The first-order valence-electron chi connectivity index (χ1n) is 5.51. The Bertz CT molecular complexity index is 439. The van der Waals surface area contributed by atoms with Gasteiger partial charge >= 0.3 is 0 Å². The summed E-state index contributed by atoms with van der Waals surface area (Å²) >= 11 is 0. The van der Waals surface area contributed by atoms with Gasteiger partial charge in [0.2, 0.25) is 0 Å². The van der Waals surface area contributed by atoms with Gasteiger partial charge in [-0.3, -0.25) is 10.1 Å². The average Bonchev–Trinajstić information content (AvgIpc) is 2.28. The minimum Gasteiger partial charge on any atom is -0.361 e. The predicted octanol–water partition coefficient (Wildman–Crippen LogP) is 1.53. The molecule has 1 aromatic rings. The Morgan fingerprint density at radius 2 is 2.35 bits per heavy atom. The molecule has 0 amide bonds. The van der Waals surface area contributed by atoms with Crippen molar-refractivity contribution in [2.24, 2.45) is 0 Å². The zero-order chi connectivity index (χ0) is 12.4. The lowest BCUT2D eigenvalue weighted by Gasteiger charge is -2.33. The lowest BCUT2D eigenvalue weighted by Crippen LogP contribution is -2.49. The molecule has 2 rings (SSSR count). The molecule has 0 bridgehead atoms. The molecule has 1 aliphatic rings. The maximum absolute atomic E-state index is 13.8. The number of para-hydroxylation sites is 1. The molecule has 1 aromatic carbocycles. The summed E-state index contributed by atoms with van der Waals surface area (Å²) in [6.45, 7) is 3.82. The van der Waals surface area contributed by atoms with E-state index in [1.165, 1.54) is 18.2 Å². The molecule has 0 spiro atoms. The van der Waals surface area contributed by atoms with Crippen LogP contribution in [0.1, 0.15) is 6.92 Å². The van der Waals surface area contributed by atoms with Crippen molar-refractivity contribution < 1.29 is 9.31 Å². The number of nitro groups is 1. The third-order valence-corrected chi connectivity index (χ3v) is 2.85. The smallest absolute Gasteiger partial charge is 0.295 e. The third-order valence-electron chi connectivity index (χ3n) is 2.85. The summed E-state index contributed by atoms with van der Waals surface area (Å²) in [5.41, 5.74) is -0.0649. The van der Waals surface area contributed by atoms with Gasteiger partial charge in [-0.05, 0) is 13.0 Å². The van der Waals surface area contributed by atoms with Gasteiger partial charge in [0, 0.05) is 31.7 Å². The average molecular weight is 239 g/mol. The van der Waals surface area contributed by atoms with Crippen LogP contribution in [-0.2, 0) is 0 Å². The number of rotatable bonds is 2. The monoisotopic (exact) mass is 239 g/mol. The molecule has 0 unspecified atom stereocenters. The maximum atomic E-state index is 13.8. The van der Waals surface area contributed by atoms with E-state index in [9.17, 15) is 14.5 Å². The fraction of sp³-hybridized carbons (Fsp3) is 0.455. The Morgan fingerprint density at radius 3 is 3.00 bits per heavy atom. The highest BCUT2D eigenvalue weighted by Gasteiger charge is 2.26. The van der Waals surface area contributed by atoms with Crippen molar-refractivity contribution in [1.29, 1.82) is 0 Å². The Labute approximate surface area is 98.4 Å². The van der Waals surface area contributed by atoms with E-state index in [4.69, 9.17) is 0 Å². The molecule has 1 N–H and O–H groups in total. The van der Waals surface area contributed by atoms with Gasteiger partial charge < -0.3 is 10.2 Å². The van der Waals surface area contributed by atoms with E-state index >= 15 is 0 Å². The van der Waals surface area contributed by atoms with E-state index in [0.29, 0.717) is 19.6 Å². The molecule has 1 atom stereocenters. The van der Waals surface area contributed by atoms with Crippen LogP contribution >= 0.6 is 0 Å². The van der Waals surface area contributed by atoms with Crippen molar-refractivity contribution in [2.75, 3.05) is 24.5 Å². The molecule has 1 heterocycles. The van der Waals surface area contributed by atoms with Gasteiger partial charge in [0.1, 0.15) is 0 Å². The number of nitrogens with zero attached hydrogens (tertiary/aromatic N) is 2. The number of hydrogen-bond donors (Lipinski definition) is 1. The highest BCUT2D eigenvalue weighted by molar-refractivity contribution is 5.64. The fourth-order valence-corrected chi connectivity index (χ4v) is 2.10. The van der Waals surface area contributed by atoms with E-state index in [-0.39, 0.29) is 17.4 Å². The summed E-state index contributed by atoms with van der Waals surface area (Å²) < 4.78 is 13.8. The Kier molecular flexibility index (Phi) is 3.23. The molecule has 92 valence electrons. The summed E-state index contributed by atoms with van der Waals surface area (Å²) in [4.78, 5) is 12.1. The highest BCUT2D eigenvalue weighted by atomic mass is 19.1. The zero-order valence-electron chi connectivity index (χ0n) is 9.52. The molecule has 1 aliphatic heterocycles. The minimum absolute atomic E-state index is 0.103. The van der Waals surface area contributed by atoms with Crippen LogP contribution in [0.25, 0.3) is 0 Å². The van der Waals surface area contributed by atoms with Gasteiger partial charge in [-0.25, -0.2) is 4.39 Å². The van der Waals surface area contributed by atoms with Crippen LogP contribution in [-0.4, -0.2) is 30.6 Å². The Balaban J connectivity index is 2.39. The number of hydrogen-bond acceptors (Lipinski definition) is 4. The maximum Gasteiger partial charge on any atom is 0.295 e. The van der Waals surface area contributed by atoms with Crippen LogP contribution in [0, 0.1) is 15.9 Å². The number of nitrogens with one attached hydrogen (secondary N) is 1. The fourth-order valence-electron chi connectivity index (χ4n) is 2.10. The molecule has 0 radical (unpaired) electrons. The first-order valence-corrected chi connectivity index (χ1v) is 5.51. The van der Waals surface area contributed by atoms with Crippen molar-refractivity contribution in [3.05, 3.63) is 34.1 Å². The molecular formula is C11H14FN3O2. The second kappa shape index (κ2) is 4.67. The van der Waals surface area contributed by atoms with E-state index in [2.05, 4.69) is 5.32 Å². The van der Waals surface area contributed by atoms with Crippen LogP contribution in [0.4, 0.5) is 15.8 Å². The molecule has 1 saturated heterocycles. The summed E-state index contributed by atoms with van der Waals surface area (Å²) in [5, 5.41) is 14.1. The Morgan fingerprint density at radius 1 is 1.59 bits per heavy atom. The molecule has 0 saturated carbocycles. The number of nitro benzene ring substituents is 1. The number of piperazine rings is 1. The van der Waals surface area contributed by atoms with Crippen molar-refractivity contribution in [2.45, 2.75) is 13.0 Å². The van der Waals surface area contributed by atoms with Gasteiger partial charge in [0.15, 0.2) is 11.5 Å². The van der Waals surface area contributed by atoms with Gasteiger partial charge in [-0.1, -0.05) is 6.07 Å². The standard InChI is InChI=1S/C11H14FN3O2/c1-8-7-14(6-5-13-8)11-9(12)3-2-4-10(11)15(16)17/h2-4,8,13H,5-7H2,1H3/t8-/m1/s1. The van der Waals surface area contributed by atoms with Gasteiger partial charge in [-0.15, -0.1) is 0 Å². The molecule has 5 nitrogen and oxygen atoms in total. The van der Waals surface area contributed by atoms with Crippen LogP contribution in [0.15, 0.2) is 18.2 Å². The summed E-state index contributed by atoms with van der Waals surface area (Å²) in [7, 11) is 0. The van der Waals surface area contributed by atoms with Gasteiger partial charge in [0.25, 0.3) is 5.69 Å². The number of anilines is 1. The van der Waals surface area contributed by atoms with E-state index in [0.717, 1.165) is 0 Å². The van der Waals surface area contributed by atoms with Crippen molar-refractivity contribution in [1.82, 2.24) is 5.32 Å². The van der Waals surface area contributed by atoms with Gasteiger partial charge in [0.05, 0.1) is 4.92 Å². The van der Waals surface area contributed by atoms with Gasteiger partial charge in [-0.2, -0.15) is 0 Å². The molecular weight excluding hydrogens is 225 g/mol. The topological polar surface area (TPSA) is 58.4 Å². The van der Waals surface area contributed by atoms with Crippen LogP contribution in [0.5, 0.6) is 0 Å². The number of benzene rings is 1. The van der Waals surface area contributed by atoms with Crippen LogP contribution < -0.4 is 10.2 Å². The quantitative estimate of drug-likeness (QED) is 0.628. The highest BCUT2D eigenvalue weighted by Crippen LogP contribution is 2.31. The summed E-state index contributed by atoms with van der Waals surface area (Å²) in [6, 6.07) is 4.16. The normalized spacial score (nSPS) is 20.4. The lowest BCUT2D eigenvalue weighted by molar-refractivity contribution is -0.384. The number of halogens is 1. The Hall–Kier alpha value is -1.69. The SMILES string of the molecule is C[C@@H]1CN(c2c(F)cccc2[N+](=O)[O-])CCN1. The van der Waals surface area contributed by atoms with E-state index < -0.39 is 10.7 Å². The van der Waals surface area contributed by atoms with Crippen LogP contribution in [0.2, 0.25) is 0 Å².